The lowest BCUT2D eigenvalue weighted by molar-refractivity contribution is -0.120. The van der Waals surface area contributed by atoms with Crippen LogP contribution >= 0.6 is 23.2 Å². The van der Waals surface area contributed by atoms with Crippen molar-refractivity contribution < 1.29 is 14.4 Å². The Balaban J connectivity index is 1.58. The van der Waals surface area contributed by atoms with Crippen molar-refractivity contribution in [2.75, 3.05) is 16.8 Å². The largest absolute Gasteiger partial charge is 0.350 e. The molecule has 1 saturated heterocycles. The molecular formula is C25H25Cl2N3O3. The molecule has 2 aliphatic heterocycles. The van der Waals surface area contributed by atoms with Gasteiger partial charge in [-0.3, -0.25) is 14.4 Å². The molecule has 1 fully saturated rings. The van der Waals surface area contributed by atoms with Gasteiger partial charge in [-0.1, -0.05) is 42.3 Å². The molecule has 1 unspecified atom stereocenters. The zero-order valence-corrected chi connectivity index (χ0v) is 20.0. The number of halogens is 2. The number of anilines is 2. The number of carbonyl (C=O) groups is 3. The zero-order valence-electron chi connectivity index (χ0n) is 18.5. The van der Waals surface area contributed by atoms with E-state index in [1.807, 2.05) is 4.90 Å². The first kappa shape index (κ1) is 23.3. The Bertz CT molecular complexity index is 1160. The van der Waals surface area contributed by atoms with Crippen LogP contribution < -0.4 is 10.2 Å². The zero-order chi connectivity index (χ0) is 23.7. The van der Waals surface area contributed by atoms with Gasteiger partial charge in [0.2, 0.25) is 0 Å². The molecule has 0 bridgehead atoms. The molecule has 2 heterocycles. The normalized spacial score (nSPS) is 18.8. The number of benzene rings is 2. The van der Waals surface area contributed by atoms with Gasteiger partial charge in [0.05, 0.1) is 5.69 Å². The summed E-state index contributed by atoms with van der Waals surface area (Å²) in [5, 5.41) is 3.19. The van der Waals surface area contributed by atoms with E-state index < -0.39 is 11.8 Å². The summed E-state index contributed by atoms with van der Waals surface area (Å²) in [4.78, 5) is 42.0. The lowest BCUT2D eigenvalue weighted by Gasteiger charge is -2.35. The van der Waals surface area contributed by atoms with Gasteiger partial charge in [-0.15, -0.1) is 0 Å². The van der Waals surface area contributed by atoms with Crippen molar-refractivity contribution in [3.8, 4) is 0 Å². The molecule has 0 spiro atoms. The van der Waals surface area contributed by atoms with E-state index in [9.17, 15) is 14.4 Å². The van der Waals surface area contributed by atoms with E-state index in [2.05, 4.69) is 12.2 Å². The molecule has 6 nitrogen and oxygen atoms in total. The molecule has 0 aliphatic carbocycles. The first-order valence-electron chi connectivity index (χ1n) is 11.0. The highest BCUT2D eigenvalue weighted by molar-refractivity contribution is 6.53. The number of rotatable bonds is 5. The Morgan fingerprint density at radius 2 is 1.85 bits per heavy atom. The number of nitrogens with one attached hydrogen (secondary N) is 1. The summed E-state index contributed by atoms with van der Waals surface area (Å²) >= 11 is 12.4. The second-order valence-electron chi connectivity index (χ2n) is 8.28. The summed E-state index contributed by atoms with van der Waals surface area (Å²) in [5.74, 6) is -1.23. The van der Waals surface area contributed by atoms with E-state index in [0.717, 1.165) is 37.1 Å². The molecule has 2 aromatic carbocycles. The van der Waals surface area contributed by atoms with Crippen LogP contribution in [0, 0.1) is 6.92 Å². The summed E-state index contributed by atoms with van der Waals surface area (Å²) in [6.45, 7) is 4.57. The second kappa shape index (κ2) is 9.57. The van der Waals surface area contributed by atoms with Gasteiger partial charge in [0.1, 0.15) is 10.7 Å². The summed E-state index contributed by atoms with van der Waals surface area (Å²) < 4.78 is 0. The molecule has 1 atom stereocenters. The minimum Gasteiger partial charge on any atom is -0.350 e. The average Bonchev–Trinajstić information content (AvgIpc) is 3.03. The van der Waals surface area contributed by atoms with E-state index in [4.69, 9.17) is 23.2 Å². The van der Waals surface area contributed by atoms with E-state index >= 15 is 0 Å². The Labute approximate surface area is 203 Å². The number of piperidine rings is 1. The number of hydrogen-bond donors (Lipinski definition) is 1. The fourth-order valence-corrected chi connectivity index (χ4v) is 4.78. The lowest BCUT2D eigenvalue weighted by atomic mass is 9.99. The van der Waals surface area contributed by atoms with Crippen LogP contribution in [0.2, 0.25) is 5.02 Å². The lowest BCUT2D eigenvalue weighted by Crippen LogP contribution is -2.43. The highest BCUT2D eigenvalue weighted by Crippen LogP contribution is 2.34. The van der Waals surface area contributed by atoms with Gasteiger partial charge in [-0.25, -0.2) is 4.90 Å². The van der Waals surface area contributed by atoms with Gasteiger partial charge in [0.25, 0.3) is 17.7 Å². The summed E-state index contributed by atoms with van der Waals surface area (Å²) in [5.41, 5.74) is 1.98. The Kier molecular flexibility index (Phi) is 6.77. The van der Waals surface area contributed by atoms with Crippen LogP contribution in [0.25, 0.3) is 0 Å². The average molecular weight is 486 g/mol. The maximum absolute atomic E-state index is 13.2. The van der Waals surface area contributed by atoms with Crippen LogP contribution in [0.5, 0.6) is 0 Å². The van der Waals surface area contributed by atoms with Gasteiger partial charge in [-0.05, 0) is 68.5 Å². The van der Waals surface area contributed by atoms with Crippen LogP contribution in [0.1, 0.15) is 48.5 Å². The van der Waals surface area contributed by atoms with Gasteiger partial charge in [0, 0.05) is 28.9 Å². The third-order valence-corrected chi connectivity index (χ3v) is 7.01. The molecule has 3 amide bonds. The van der Waals surface area contributed by atoms with Gasteiger partial charge in [0.15, 0.2) is 0 Å². The number of hydrogen-bond acceptors (Lipinski definition) is 4. The third kappa shape index (κ3) is 4.37. The van der Waals surface area contributed by atoms with Crippen molar-refractivity contribution in [1.82, 2.24) is 4.90 Å². The molecule has 0 saturated carbocycles. The Morgan fingerprint density at radius 1 is 1.09 bits per heavy atom. The SMILES string of the molecule is CCC1CCCCN1C(=O)c1cccc(NC2=C(Cl)C(=O)N(c3cccc(Cl)c3C)C2=O)c1. The van der Waals surface area contributed by atoms with Crippen molar-refractivity contribution in [3.63, 3.8) is 0 Å². The van der Waals surface area contributed by atoms with E-state index in [1.54, 1.807) is 49.4 Å². The van der Waals surface area contributed by atoms with Crippen molar-refractivity contribution in [3.05, 3.63) is 69.3 Å². The minimum atomic E-state index is -0.624. The van der Waals surface area contributed by atoms with Gasteiger partial charge < -0.3 is 10.2 Å². The molecule has 2 aliphatic rings. The van der Waals surface area contributed by atoms with E-state index in [0.29, 0.717) is 27.5 Å². The Morgan fingerprint density at radius 3 is 2.61 bits per heavy atom. The number of amides is 3. The number of nitrogens with zero attached hydrogens (tertiary/aromatic N) is 2. The predicted octanol–water partition coefficient (Wildman–Crippen LogP) is 5.49. The van der Waals surface area contributed by atoms with E-state index in [1.165, 1.54) is 0 Å². The van der Waals surface area contributed by atoms with Crippen LogP contribution in [0.4, 0.5) is 11.4 Å². The molecule has 33 heavy (non-hydrogen) atoms. The molecule has 172 valence electrons. The fourth-order valence-electron chi connectivity index (χ4n) is 4.40. The minimum absolute atomic E-state index is 0.0321. The second-order valence-corrected chi connectivity index (χ2v) is 9.07. The maximum Gasteiger partial charge on any atom is 0.283 e. The van der Waals surface area contributed by atoms with Crippen LogP contribution in [-0.4, -0.2) is 35.2 Å². The van der Waals surface area contributed by atoms with Crippen molar-refractivity contribution in [2.24, 2.45) is 0 Å². The molecule has 1 N–H and O–H groups in total. The first-order chi connectivity index (χ1) is 15.8. The highest BCUT2D eigenvalue weighted by atomic mass is 35.5. The molecule has 4 rings (SSSR count). The van der Waals surface area contributed by atoms with Crippen molar-refractivity contribution >= 4 is 52.3 Å². The summed E-state index contributed by atoms with van der Waals surface area (Å²) in [6.07, 6.45) is 4.06. The molecule has 8 heteroatoms. The van der Waals surface area contributed by atoms with Crippen LogP contribution in [0.15, 0.2) is 53.2 Å². The number of imide groups is 1. The van der Waals surface area contributed by atoms with E-state index in [-0.39, 0.29) is 22.7 Å². The van der Waals surface area contributed by atoms with Crippen LogP contribution in [0.3, 0.4) is 0 Å². The Hall–Kier alpha value is -2.83. The van der Waals surface area contributed by atoms with Gasteiger partial charge >= 0.3 is 0 Å². The first-order valence-corrected chi connectivity index (χ1v) is 11.8. The topological polar surface area (TPSA) is 69.7 Å². The van der Waals surface area contributed by atoms with Gasteiger partial charge in [-0.2, -0.15) is 0 Å². The number of likely N-dealkylation sites (tertiary alicyclic amines) is 1. The fraction of sp³-hybridized carbons (Fsp3) is 0.320. The maximum atomic E-state index is 13.2. The van der Waals surface area contributed by atoms with Crippen molar-refractivity contribution in [2.45, 2.75) is 45.6 Å². The standard InChI is InChI=1S/C25H25Cl2N3O3/c1-3-18-10-4-5-13-29(18)23(31)16-8-6-9-17(14-16)28-22-21(27)24(32)30(25(22)33)20-12-7-11-19(26)15(20)2/h6-9,11-12,14,18,28H,3-5,10,13H2,1-2H3. The summed E-state index contributed by atoms with van der Waals surface area (Å²) in [6, 6.07) is 12.2. The quantitative estimate of drug-likeness (QED) is 0.568. The monoisotopic (exact) mass is 485 g/mol. The molecule has 0 radical (unpaired) electrons. The third-order valence-electron chi connectivity index (χ3n) is 6.25. The summed E-state index contributed by atoms with van der Waals surface area (Å²) in [7, 11) is 0. The molecule has 2 aromatic rings. The van der Waals surface area contributed by atoms with Crippen LogP contribution in [-0.2, 0) is 9.59 Å². The molecule has 0 aromatic heterocycles. The number of carbonyl (C=O) groups excluding carboxylic acids is 3. The smallest absolute Gasteiger partial charge is 0.283 e. The van der Waals surface area contributed by atoms with Crippen molar-refractivity contribution in [1.29, 1.82) is 0 Å². The highest BCUT2D eigenvalue weighted by Gasteiger charge is 2.39. The molecular weight excluding hydrogens is 461 g/mol. The predicted molar refractivity (Wildman–Crippen MR) is 131 cm³/mol.